The standard InChI is InChI=1S/C12H15NO6/c1-4-18-9-7-6-8(13(15)16)11(19-5-2)10(9)12(14)17-3/h6-7H,4-5H2,1-3H3. The Morgan fingerprint density at radius 2 is 1.89 bits per heavy atom. The Morgan fingerprint density at radius 1 is 1.26 bits per heavy atom. The van der Waals surface area contributed by atoms with Crippen molar-refractivity contribution in [2.75, 3.05) is 20.3 Å². The molecule has 0 spiro atoms. The van der Waals surface area contributed by atoms with Crippen molar-refractivity contribution < 1.29 is 23.9 Å². The summed E-state index contributed by atoms with van der Waals surface area (Å²) in [5.41, 5.74) is -0.369. The Balaban J connectivity index is 3.50. The predicted octanol–water partition coefficient (Wildman–Crippen LogP) is 2.18. The molecule has 0 atom stereocenters. The summed E-state index contributed by atoms with van der Waals surface area (Å²) < 4.78 is 15.1. The van der Waals surface area contributed by atoms with Crippen LogP contribution in [-0.2, 0) is 4.74 Å². The number of hydrogen-bond donors (Lipinski definition) is 0. The molecule has 1 aromatic rings. The van der Waals surface area contributed by atoms with Gasteiger partial charge in [0.2, 0.25) is 5.75 Å². The van der Waals surface area contributed by atoms with Crippen LogP contribution in [0.15, 0.2) is 12.1 Å². The van der Waals surface area contributed by atoms with Gasteiger partial charge in [-0.2, -0.15) is 0 Å². The van der Waals surface area contributed by atoms with Gasteiger partial charge in [0.1, 0.15) is 5.75 Å². The van der Waals surface area contributed by atoms with Crippen LogP contribution in [-0.4, -0.2) is 31.2 Å². The smallest absolute Gasteiger partial charge is 0.345 e. The van der Waals surface area contributed by atoms with Crippen LogP contribution in [0.4, 0.5) is 5.69 Å². The minimum atomic E-state index is -0.740. The molecule has 0 radical (unpaired) electrons. The van der Waals surface area contributed by atoms with Gasteiger partial charge < -0.3 is 14.2 Å². The van der Waals surface area contributed by atoms with E-state index >= 15 is 0 Å². The molecule has 0 saturated carbocycles. The lowest BCUT2D eigenvalue weighted by molar-refractivity contribution is -0.385. The number of benzene rings is 1. The molecule has 0 heterocycles. The maximum Gasteiger partial charge on any atom is 0.345 e. The lowest BCUT2D eigenvalue weighted by atomic mass is 10.1. The second-order valence-electron chi connectivity index (χ2n) is 3.40. The highest BCUT2D eigenvalue weighted by atomic mass is 16.6. The zero-order chi connectivity index (χ0) is 14.4. The molecule has 0 amide bonds. The lowest BCUT2D eigenvalue weighted by Crippen LogP contribution is -2.10. The first-order valence-corrected chi connectivity index (χ1v) is 5.72. The van der Waals surface area contributed by atoms with Gasteiger partial charge in [0.05, 0.1) is 25.2 Å². The number of methoxy groups -OCH3 is 1. The molecule has 1 aromatic carbocycles. The van der Waals surface area contributed by atoms with Crippen LogP contribution in [0.2, 0.25) is 0 Å². The molecule has 7 nitrogen and oxygen atoms in total. The number of carbonyl (C=O) groups excluding carboxylic acids is 1. The second kappa shape index (κ2) is 6.58. The quantitative estimate of drug-likeness (QED) is 0.447. The van der Waals surface area contributed by atoms with Crippen molar-refractivity contribution in [1.82, 2.24) is 0 Å². The first-order chi connectivity index (χ1) is 9.06. The third kappa shape index (κ3) is 3.12. The fourth-order valence-corrected chi connectivity index (χ4v) is 1.56. The van der Waals surface area contributed by atoms with E-state index in [1.54, 1.807) is 13.8 Å². The Bertz CT molecular complexity index is 485. The number of esters is 1. The van der Waals surface area contributed by atoms with Crippen LogP contribution in [0, 0.1) is 10.1 Å². The van der Waals surface area contributed by atoms with Gasteiger partial charge in [0, 0.05) is 6.07 Å². The normalized spacial score (nSPS) is 9.84. The molecule has 0 aliphatic heterocycles. The van der Waals surface area contributed by atoms with Gasteiger partial charge in [0.15, 0.2) is 5.56 Å². The summed E-state index contributed by atoms with van der Waals surface area (Å²) in [5.74, 6) is -0.677. The van der Waals surface area contributed by atoms with Gasteiger partial charge in [0.25, 0.3) is 0 Å². The molecule has 7 heteroatoms. The van der Waals surface area contributed by atoms with Crippen molar-refractivity contribution in [2.45, 2.75) is 13.8 Å². The molecule has 0 aliphatic carbocycles. The minimum absolute atomic E-state index is 0.0691. The Morgan fingerprint density at radius 3 is 2.37 bits per heavy atom. The Kier molecular flexibility index (Phi) is 5.11. The number of carbonyl (C=O) groups is 1. The summed E-state index contributed by atoms with van der Waals surface area (Å²) in [5, 5.41) is 11.0. The van der Waals surface area contributed by atoms with E-state index in [9.17, 15) is 14.9 Å². The number of ether oxygens (including phenoxy) is 3. The number of rotatable bonds is 6. The summed E-state index contributed by atoms with van der Waals surface area (Å²) in [7, 11) is 1.19. The molecular formula is C12H15NO6. The summed E-state index contributed by atoms with van der Waals surface area (Å²) in [4.78, 5) is 22.1. The van der Waals surface area contributed by atoms with E-state index in [0.29, 0.717) is 6.61 Å². The molecule has 0 bridgehead atoms. The van der Waals surface area contributed by atoms with E-state index in [1.807, 2.05) is 0 Å². The maximum absolute atomic E-state index is 11.8. The molecule has 0 N–H and O–H groups in total. The monoisotopic (exact) mass is 269 g/mol. The van der Waals surface area contributed by atoms with Crippen LogP contribution >= 0.6 is 0 Å². The van der Waals surface area contributed by atoms with Crippen molar-refractivity contribution in [3.63, 3.8) is 0 Å². The van der Waals surface area contributed by atoms with E-state index < -0.39 is 10.9 Å². The number of nitro benzene ring substituents is 1. The van der Waals surface area contributed by atoms with Crippen LogP contribution in [0.5, 0.6) is 11.5 Å². The van der Waals surface area contributed by atoms with E-state index in [2.05, 4.69) is 4.74 Å². The van der Waals surface area contributed by atoms with Crippen molar-refractivity contribution in [3.8, 4) is 11.5 Å². The number of nitrogens with zero attached hydrogens (tertiary/aromatic N) is 1. The van der Waals surface area contributed by atoms with Gasteiger partial charge in [-0.05, 0) is 19.9 Å². The maximum atomic E-state index is 11.8. The minimum Gasteiger partial charge on any atom is -0.493 e. The van der Waals surface area contributed by atoms with Crippen LogP contribution < -0.4 is 9.47 Å². The average Bonchev–Trinajstić information content (AvgIpc) is 2.38. The Labute approximate surface area is 110 Å². The van der Waals surface area contributed by atoms with Gasteiger partial charge in [-0.15, -0.1) is 0 Å². The van der Waals surface area contributed by atoms with Gasteiger partial charge in [-0.25, -0.2) is 4.79 Å². The zero-order valence-electron chi connectivity index (χ0n) is 11.0. The van der Waals surface area contributed by atoms with Crippen molar-refractivity contribution in [1.29, 1.82) is 0 Å². The fraction of sp³-hybridized carbons (Fsp3) is 0.417. The number of hydrogen-bond acceptors (Lipinski definition) is 6. The van der Waals surface area contributed by atoms with Crippen LogP contribution in [0.3, 0.4) is 0 Å². The van der Waals surface area contributed by atoms with Crippen LogP contribution in [0.1, 0.15) is 24.2 Å². The van der Waals surface area contributed by atoms with Crippen LogP contribution in [0.25, 0.3) is 0 Å². The van der Waals surface area contributed by atoms with Crippen molar-refractivity contribution >= 4 is 11.7 Å². The van der Waals surface area contributed by atoms with E-state index in [4.69, 9.17) is 9.47 Å². The van der Waals surface area contributed by atoms with Crippen molar-refractivity contribution in [2.24, 2.45) is 0 Å². The molecule has 0 aliphatic rings. The molecule has 0 saturated heterocycles. The summed E-state index contributed by atoms with van der Waals surface area (Å²) in [6.45, 7) is 3.90. The first kappa shape index (κ1) is 14.7. The molecule has 104 valence electrons. The van der Waals surface area contributed by atoms with Gasteiger partial charge >= 0.3 is 11.7 Å². The SMILES string of the molecule is CCOc1ccc([N+](=O)[O-])c(OCC)c1C(=O)OC. The highest BCUT2D eigenvalue weighted by Gasteiger charge is 2.28. The van der Waals surface area contributed by atoms with E-state index in [0.717, 1.165) is 0 Å². The molecule has 0 fully saturated rings. The molecule has 1 rings (SSSR count). The first-order valence-electron chi connectivity index (χ1n) is 5.72. The molecule has 0 aromatic heterocycles. The van der Waals surface area contributed by atoms with E-state index in [1.165, 1.54) is 19.2 Å². The highest BCUT2D eigenvalue weighted by molar-refractivity contribution is 5.97. The van der Waals surface area contributed by atoms with Gasteiger partial charge in [-0.3, -0.25) is 10.1 Å². The summed E-state index contributed by atoms with van der Waals surface area (Å²) in [6.07, 6.45) is 0. The third-order valence-corrected chi connectivity index (χ3v) is 2.27. The summed E-state index contributed by atoms with van der Waals surface area (Å²) in [6, 6.07) is 2.60. The van der Waals surface area contributed by atoms with E-state index in [-0.39, 0.29) is 29.4 Å². The zero-order valence-corrected chi connectivity index (χ0v) is 11.0. The third-order valence-electron chi connectivity index (χ3n) is 2.27. The summed E-state index contributed by atoms with van der Waals surface area (Å²) >= 11 is 0. The average molecular weight is 269 g/mol. The largest absolute Gasteiger partial charge is 0.493 e. The van der Waals surface area contributed by atoms with Crippen molar-refractivity contribution in [3.05, 3.63) is 27.8 Å². The Hall–Kier alpha value is -2.31. The van der Waals surface area contributed by atoms with Gasteiger partial charge in [-0.1, -0.05) is 0 Å². The molecular weight excluding hydrogens is 254 g/mol. The topological polar surface area (TPSA) is 87.9 Å². The highest BCUT2D eigenvalue weighted by Crippen LogP contribution is 2.37. The fourth-order valence-electron chi connectivity index (χ4n) is 1.56. The second-order valence-corrected chi connectivity index (χ2v) is 3.40. The number of nitro groups is 1. The molecule has 19 heavy (non-hydrogen) atoms. The lowest BCUT2D eigenvalue weighted by Gasteiger charge is -2.13. The predicted molar refractivity (Wildman–Crippen MR) is 66.8 cm³/mol. The molecule has 0 unspecified atom stereocenters.